The van der Waals surface area contributed by atoms with Crippen LogP contribution < -0.4 is 4.74 Å². The molecule has 2 heterocycles. The molecular weight excluding hydrogens is 387 g/mol. The highest BCUT2D eigenvalue weighted by Gasteiger charge is 2.42. The van der Waals surface area contributed by atoms with Crippen molar-refractivity contribution >= 4 is 0 Å². The number of aromatic nitrogens is 4. The van der Waals surface area contributed by atoms with Gasteiger partial charge in [0.25, 0.3) is 0 Å². The molecule has 11 heteroatoms. The summed E-state index contributed by atoms with van der Waals surface area (Å²) in [6.07, 6.45) is -3.11. The standard InChI is InChI=1S/C17H13F5N4O2/c18-16(19,15(27)10-26-8-7-24-25-26)14-6-3-12(9-23-14)11-1-4-13(5-2-11)28-17(20,21)22/h1-9,15,27H,10H2. The largest absolute Gasteiger partial charge is 0.573 e. The lowest BCUT2D eigenvalue weighted by Crippen LogP contribution is -2.35. The Balaban J connectivity index is 1.73. The van der Waals surface area contributed by atoms with Gasteiger partial charge in [-0.25, -0.2) is 4.68 Å². The van der Waals surface area contributed by atoms with E-state index in [2.05, 4.69) is 20.0 Å². The van der Waals surface area contributed by atoms with Gasteiger partial charge in [0.15, 0.2) is 0 Å². The molecule has 0 aliphatic rings. The van der Waals surface area contributed by atoms with Crippen molar-refractivity contribution in [2.24, 2.45) is 0 Å². The summed E-state index contributed by atoms with van der Waals surface area (Å²) in [6, 6.07) is 7.27. The Bertz CT molecular complexity index is 897. The van der Waals surface area contributed by atoms with Gasteiger partial charge < -0.3 is 9.84 Å². The van der Waals surface area contributed by atoms with Gasteiger partial charge in [-0.05, 0) is 23.8 Å². The molecule has 0 aliphatic carbocycles. The molecule has 0 saturated heterocycles. The number of aliphatic hydroxyl groups excluding tert-OH is 1. The highest BCUT2D eigenvalue weighted by molar-refractivity contribution is 5.63. The van der Waals surface area contributed by atoms with Crippen molar-refractivity contribution in [3.8, 4) is 16.9 Å². The molecule has 1 unspecified atom stereocenters. The van der Waals surface area contributed by atoms with E-state index in [4.69, 9.17) is 0 Å². The lowest BCUT2D eigenvalue weighted by Gasteiger charge is -2.22. The van der Waals surface area contributed by atoms with E-state index in [9.17, 15) is 27.1 Å². The third-order valence-corrected chi connectivity index (χ3v) is 3.78. The molecule has 6 nitrogen and oxygen atoms in total. The average molecular weight is 400 g/mol. The highest BCUT2D eigenvalue weighted by atomic mass is 19.4. The number of alkyl halides is 5. The number of benzene rings is 1. The third-order valence-electron chi connectivity index (χ3n) is 3.78. The Morgan fingerprint density at radius 3 is 2.21 bits per heavy atom. The lowest BCUT2D eigenvalue weighted by molar-refractivity contribution is -0.274. The van der Waals surface area contributed by atoms with E-state index in [0.29, 0.717) is 11.1 Å². The second-order valence-corrected chi connectivity index (χ2v) is 5.77. The number of aliphatic hydroxyl groups is 1. The van der Waals surface area contributed by atoms with Gasteiger partial charge in [-0.15, -0.1) is 18.3 Å². The molecule has 3 rings (SSSR count). The number of rotatable bonds is 6. The first-order chi connectivity index (χ1) is 13.1. The van der Waals surface area contributed by atoms with E-state index in [0.717, 1.165) is 29.1 Å². The minimum Gasteiger partial charge on any atom is -0.406 e. The first kappa shape index (κ1) is 19.7. The van der Waals surface area contributed by atoms with Crippen LogP contribution in [0, 0.1) is 0 Å². The van der Waals surface area contributed by atoms with Gasteiger partial charge in [-0.2, -0.15) is 8.78 Å². The fourth-order valence-corrected chi connectivity index (χ4v) is 2.40. The zero-order chi connectivity index (χ0) is 20.4. The molecule has 0 amide bonds. The smallest absolute Gasteiger partial charge is 0.406 e. The van der Waals surface area contributed by atoms with Crippen LogP contribution in [0.3, 0.4) is 0 Å². The highest BCUT2D eigenvalue weighted by Crippen LogP contribution is 2.32. The van der Waals surface area contributed by atoms with Crippen LogP contribution in [-0.2, 0) is 12.5 Å². The number of nitrogens with zero attached hydrogens (tertiary/aromatic N) is 4. The monoisotopic (exact) mass is 400 g/mol. The molecule has 0 saturated carbocycles. The minimum absolute atomic E-state index is 0.399. The van der Waals surface area contributed by atoms with Crippen molar-refractivity contribution in [2.45, 2.75) is 24.9 Å². The van der Waals surface area contributed by atoms with E-state index in [1.807, 2.05) is 0 Å². The molecular formula is C17H13F5N4O2. The second kappa shape index (κ2) is 7.50. The Morgan fingerprint density at radius 1 is 1.00 bits per heavy atom. The molecule has 28 heavy (non-hydrogen) atoms. The molecule has 0 aliphatic heterocycles. The van der Waals surface area contributed by atoms with Crippen LogP contribution in [-0.4, -0.2) is 37.6 Å². The Labute approximate surface area is 155 Å². The summed E-state index contributed by atoms with van der Waals surface area (Å²) in [4.78, 5) is 3.69. The van der Waals surface area contributed by atoms with Crippen LogP contribution >= 0.6 is 0 Å². The topological polar surface area (TPSA) is 73.1 Å². The fraction of sp³-hybridized carbons (Fsp3) is 0.235. The van der Waals surface area contributed by atoms with Crippen LogP contribution in [0.15, 0.2) is 55.0 Å². The van der Waals surface area contributed by atoms with Gasteiger partial charge in [0.2, 0.25) is 0 Å². The normalized spacial score (nSPS) is 13.4. The molecule has 2 aromatic heterocycles. The first-order valence-electron chi connectivity index (χ1n) is 7.88. The van der Waals surface area contributed by atoms with E-state index in [1.165, 1.54) is 30.6 Å². The quantitative estimate of drug-likeness (QED) is 0.643. The van der Waals surface area contributed by atoms with Gasteiger partial charge in [0.1, 0.15) is 17.5 Å². The van der Waals surface area contributed by atoms with Crippen molar-refractivity contribution in [1.29, 1.82) is 0 Å². The molecule has 0 radical (unpaired) electrons. The molecule has 0 spiro atoms. The Kier molecular flexibility index (Phi) is 5.27. The van der Waals surface area contributed by atoms with Crippen LogP contribution in [0.1, 0.15) is 5.69 Å². The van der Waals surface area contributed by atoms with Crippen molar-refractivity contribution < 1.29 is 31.8 Å². The maximum Gasteiger partial charge on any atom is 0.573 e. The summed E-state index contributed by atoms with van der Waals surface area (Å²) < 4.78 is 70.1. The predicted molar refractivity (Wildman–Crippen MR) is 86.3 cm³/mol. The van der Waals surface area contributed by atoms with E-state index in [1.54, 1.807) is 0 Å². The predicted octanol–water partition coefficient (Wildman–Crippen LogP) is 3.39. The summed E-state index contributed by atoms with van der Waals surface area (Å²) in [7, 11) is 0. The van der Waals surface area contributed by atoms with Gasteiger partial charge >= 0.3 is 12.3 Å². The maximum atomic E-state index is 14.4. The maximum absolute atomic E-state index is 14.4. The van der Waals surface area contributed by atoms with Crippen molar-refractivity contribution in [2.75, 3.05) is 0 Å². The molecule has 1 atom stereocenters. The summed E-state index contributed by atoms with van der Waals surface area (Å²) >= 11 is 0. The van der Waals surface area contributed by atoms with E-state index in [-0.39, 0.29) is 0 Å². The first-order valence-corrected chi connectivity index (χ1v) is 7.88. The zero-order valence-corrected chi connectivity index (χ0v) is 14.0. The summed E-state index contributed by atoms with van der Waals surface area (Å²) in [5, 5.41) is 16.8. The Morgan fingerprint density at radius 2 is 1.68 bits per heavy atom. The SMILES string of the molecule is OC(Cn1ccnn1)C(F)(F)c1ccc(-c2ccc(OC(F)(F)F)cc2)cn1. The average Bonchev–Trinajstić information content (AvgIpc) is 3.14. The number of ether oxygens (including phenoxy) is 1. The van der Waals surface area contributed by atoms with Gasteiger partial charge in [-0.3, -0.25) is 4.98 Å². The second-order valence-electron chi connectivity index (χ2n) is 5.77. The van der Waals surface area contributed by atoms with Crippen molar-refractivity contribution in [3.05, 3.63) is 60.7 Å². The van der Waals surface area contributed by atoms with Crippen LogP contribution in [0.5, 0.6) is 5.75 Å². The number of hydrogen-bond acceptors (Lipinski definition) is 5. The number of halogens is 5. The van der Waals surface area contributed by atoms with E-state index >= 15 is 0 Å². The third kappa shape index (κ3) is 4.60. The zero-order valence-electron chi connectivity index (χ0n) is 14.0. The van der Waals surface area contributed by atoms with E-state index < -0.39 is 36.4 Å². The van der Waals surface area contributed by atoms with Gasteiger partial charge in [0.05, 0.1) is 12.7 Å². The number of hydrogen-bond donors (Lipinski definition) is 1. The Hall–Kier alpha value is -3.08. The van der Waals surface area contributed by atoms with Crippen LogP contribution in [0.25, 0.3) is 11.1 Å². The van der Waals surface area contributed by atoms with Crippen LogP contribution in [0.4, 0.5) is 22.0 Å². The molecule has 1 aromatic carbocycles. The van der Waals surface area contributed by atoms with Crippen LogP contribution in [0.2, 0.25) is 0 Å². The lowest BCUT2D eigenvalue weighted by atomic mass is 10.0. The fourth-order valence-electron chi connectivity index (χ4n) is 2.40. The molecule has 3 aromatic rings. The molecule has 148 valence electrons. The summed E-state index contributed by atoms with van der Waals surface area (Å²) in [5.74, 6) is -4.04. The van der Waals surface area contributed by atoms with Crippen molar-refractivity contribution in [1.82, 2.24) is 20.0 Å². The molecule has 1 N–H and O–H groups in total. The molecule has 0 bridgehead atoms. The summed E-state index contributed by atoms with van der Waals surface area (Å²) in [5.41, 5.74) is 0.213. The minimum atomic E-state index is -4.80. The number of pyridine rings is 1. The van der Waals surface area contributed by atoms with Gasteiger partial charge in [0, 0.05) is 18.0 Å². The summed E-state index contributed by atoms with van der Waals surface area (Å²) in [6.45, 7) is -0.475. The molecule has 0 fully saturated rings. The van der Waals surface area contributed by atoms with Gasteiger partial charge in [-0.1, -0.05) is 23.4 Å². The van der Waals surface area contributed by atoms with Crippen molar-refractivity contribution in [3.63, 3.8) is 0 Å².